The van der Waals surface area contributed by atoms with Crippen molar-refractivity contribution in [2.24, 2.45) is 0 Å². The minimum Gasteiger partial charge on any atom is -0.313 e. The van der Waals surface area contributed by atoms with Crippen molar-refractivity contribution in [1.82, 2.24) is 10.0 Å². The first-order valence-electron chi connectivity index (χ1n) is 6.60. The van der Waals surface area contributed by atoms with Gasteiger partial charge >= 0.3 is 0 Å². The van der Waals surface area contributed by atoms with Gasteiger partial charge in [0.25, 0.3) is 0 Å². The summed E-state index contributed by atoms with van der Waals surface area (Å²) in [5.41, 5.74) is 0.253. The molecule has 0 aliphatic carbocycles. The fourth-order valence-electron chi connectivity index (χ4n) is 1.66. The maximum absolute atomic E-state index is 14.3. The van der Waals surface area contributed by atoms with Crippen molar-refractivity contribution >= 4 is 21.6 Å². The quantitative estimate of drug-likeness (QED) is 0.723. The van der Waals surface area contributed by atoms with Crippen LogP contribution >= 0.6 is 11.6 Å². The van der Waals surface area contributed by atoms with Gasteiger partial charge in [0, 0.05) is 23.7 Å². The van der Waals surface area contributed by atoms with E-state index in [1.165, 1.54) is 6.07 Å². The van der Waals surface area contributed by atoms with Crippen LogP contribution in [0.25, 0.3) is 0 Å². The molecule has 0 saturated carbocycles. The van der Waals surface area contributed by atoms with E-state index in [9.17, 15) is 12.8 Å². The molecule has 20 heavy (non-hydrogen) atoms. The average Bonchev–Trinajstić information content (AvgIpc) is 2.40. The minimum absolute atomic E-state index is 0.205. The van der Waals surface area contributed by atoms with Crippen LogP contribution in [0.2, 0.25) is 5.02 Å². The number of nitrogens with one attached hydrogen (secondary N) is 2. The first kappa shape index (κ1) is 17.4. The van der Waals surface area contributed by atoms with E-state index in [1.807, 2.05) is 13.8 Å². The Morgan fingerprint density at radius 3 is 2.45 bits per heavy atom. The Balaban J connectivity index is 3.08. The Hall–Kier alpha value is -0.690. The topological polar surface area (TPSA) is 58.2 Å². The van der Waals surface area contributed by atoms with E-state index in [0.717, 1.165) is 19.0 Å². The number of hydrogen-bond acceptors (Lipinski definition) is 3. The monoisotopic (exact) mass is 322 g/mol. The fourth-order valence-corrected chi connectivity index (χ4v) is 3.24. The molecule has 1 rings (SSSR count). The smallest absolute Gasteiger partial charge is 0.243 e. The van der Waals surface area contributed by atoms with Gasteiger partial charge in [0.1, 0.15) is 10.7 Å². The first-order chi connectivity index (χ1) is 9.42. The van der Waals surface area contributed by atoms with Crippen LogP contribution in [-0.4, -0.2) is 21.5 Å². The third-order valence-electron chi connectivity index (χ3n) is 2.65. The Morgan fingerprint density at radius 1 is 1.20 bits per heavy atom. The molecule has 0 fully saturated rings. The summed E-state index contributed by atoms with van der Waals surface area (Å²) in [6.07, 6.45) is 1.54. The molecule has 2 N–H and O–H groups in total. The Labute approximate surface area is 124 Å². The Kier molecular flexibility index (Phi) is 6.88. The van der Waals surface area contributed by atoms with Gasteiger partial charge in [-0.15, -0.1) is 0 Å². The van der Waals surface area contributed by atoms with Gasteiger partial charge in [-0.3, -0.25) is 0 Å². The van der Waals surface area contributed by atoms with Crippen molar-refractivity contribution < 1.29 is 12.8 Å². The predicted octanol–water partition coefficient (Wildman–Crippen LogP) is 2.67. The van der Waals surface area contributed by atoms with Crippen molar-refractivity contribution in [2.75, 3.05) is 13.1 Å². The van der Waals surface area contributed by atoms with Crippen molar-refractivity contribution in [3.8, 4) is 0 Å². The van der Waals surface area contributed by atoms with Crippen LogP contribution in [0.5, 0.6) is 0 Å². The van der Waals surface area contributed by atoms with Gasteiger partial charge in [-0.1, -0.05) is 25.4 Å². The molecule has 0 amide bonds. The summed E-state index contributed by atoms with van der Waals surface area (Å²) in [6, 6.07) is 2.58. The van der Waals surface area contributed by atoms with Gasteiger partial charge in [-0.05, 0) is 31.5 Å². The van der Waals surface area contributed by atoms with Gasteiger partial charge in [0.05, 0.1) is 0 Å². The zero-order chi connectivity index (χ0) is 15.2. The number of halogens is 2. The average molecular weight is 323 g/mol. The molecule has 7 heteroatoms. The summed E-state index contributed by atoms with van der Waals surface area (Å²) in [4.78, 5) is -0.397. The molecular weight excluding hydrogens is 303 g/mol. The molecule has 1 aromatic rings. The van der Waals surface area contributed by atoms with Crippen LogP contribution in [0.4, 0.5) is 4.39 Å². The van der Waals surface area contributed by atoms with Crippen molar-refractivity contribution in [3.05, 3.63) is 28.5 Å². The molecule has 4 nitrogen and oxygen atoms in total. The molecule has 0 aliphatic heterocycles. The second-order valence-electron chi connectivity index (χ2n) is 4.45. The molecule has 0 saturated heterocycles. The van der Waals surface area contributed by atoms with Gasteiger partial charge in [-0.25, -0.2) is 17.5 Å². The molecule has 114 valence electrons. The SMILES string of the molecule is CCCNCc1cc(Cl)cc(S(=O)(=O)NCCC)c1F. The highest BCUT2D eigenvalue weighted by atomic mass is 35.5. The molecule has 0 aliphatic rings. The summed E-state index contributed by atoms with van der Waals surface area (Å²) < 4.78 is 40.7. The Morgan fingerprint density at radius 2 is 1.85 bits per heavy atom. The van der Waals surface area contributed by atoms with Gasteiger partial charge < -0.3 is 5.32 Å². The maximum atomic E-state index is 14.3. The molecule has 0 radical (unpaired) electrons. The van der Waals surface area contributed by atoms with E-state index in [4.69, 9.17) is 11.6 Å². The van der Waals surface area contributed by atoms with E-state index in [-0.39, 0.29) is 23.7 Å². The summed E-state index contributed by atoms with van der Waals surface area (Å²) in [7, 11) is -3.87. The normalized spacial score (nSPS) is 11.8. The molecule has 0 aromatic heterocycles. The number of benzene rings is 1. The third-order valence-corrected chi connectivity index (χ3v) is 4.33. The van der Waals surface area contributed by atoms with Crippen molar-refractivity contribution in [3.63, 3.8) is 0 Å². The first-order valence-corrected chi connectivity index (χ1v) is 8.46. The van der Waals surface area contributed by atoms with Crippen LogP contribution in [0, 0.1) is 5.82 Å². The molecule has 0 unspecified atom stereocenters. The van der Waals surface area contributed by atoms with Gasteiger partial charge in [0.2, 0.25) is 10.0 Å². The van der Waals surface area contributed by atoms with E-state index in [0.29, 0.717) is 6.42 Å². The van der Waals surface area contributed by atoms with E-state index in [1.54, 1.807) is 0 Å². The fraction of sp³-hybridized carbons (Fsp3) is 0.538. The van der Waals surface area contributed by atoms with E-state index >= 15 is 0 Å². The summed E-state index contributed by atoms with van der Waals surface area (Å²) in [6.45, 7) is 5.05. The molecular formula is C13H20ClFN2O2S. The lowest BCUT2D eigenvalue weighted by Gasteiger charge is -2.11. The molecule has 0 spiro atoms. The second-order valence-corrected chi connectivity index (χ2v) is 6.62. The van der Waals surface area contributed by atoms with Crippen molar-refractivity contribution in [1.29, 1.82) is 0 Å². The van der Waals surface area contributed by atoms with E-state index < -0.39 is 20.7 Å². The molecule has 0 heterocycles. The van der Waals surface area contributed by atoms with E-state index in [2.05, 4.69) is 10.0 Å². The minimum atomic E-state index is -3.87. The lowest BCUT2D eigenvalue weighted by atomic mass is 10.2. The van der Waals surface area contributed by atoms with Crippen LogP contribution < -0.4 is 10.0 Å². The second kappa shape index (κ2) is 7.93. The lowest BCUT2D eigenvalue weighted by molar-refractivity contribution is 0.541. The largest absolute Gasteiger partial charge is 0.313 e. The predicted molar refractivity (Wildman–Crippen MR) is 78.9 cm³/mol. The molecule has 1 aromatic carbocycles. The van der Waals surface area contributed by atoms with Crippen LogP contribution in [0.1, 0.15) is 32.3 Å². The van der Waals surface area contributed by atoms with Crippen LogP contribution in [0.3, 0.4) is 0 Å². The third kappa shape index (κ3) is 4.70. The summed E-state index contributed by atoms with van der Waals surface area (Å²) in [5, 5.41) is 3.23. The number of rotatable bonds is 8. The van der Waals surface area contributed by atoms with Crippen LogP contribution in [-0.2, 0) is 16.6 Å². The number of sulfonamides is 1. The highest BCUT2D eigenvalue weighted by Crippen LogP contribution is 2.23. The summed E-state index contributed by atoms with van der Waals surface area (Å²) >= 11 is 5.89. The van der Waals surface area contributed by atoms with Gasteiger partial charge in [-0.2, -0.15) is 0 Å². The molecule has 0 bridgehead atoms. The Bertz CT molecular complexity index is 550. The lowest BCUT2D eigenvalue weighted by Crippen LogP contribution is -2.26. The van der Waals surface area contributed by atoms with Crippen LogP contribution in [0.15, 0.2) is 17.0 Å². The summed E-state index contributed by atoms with van der Waals surface area (Å²) in [5.74, 6) is -0.749. The zero-order valence-corrected chi connectivity index (χ0v) is 13.2. The van der Waals surface area contributed by atoms with Crippen molar-refractivity contribution in [2.45, 2.75) is 38.1 Å². The standard InChI is InChI=1S/C13H20ClFN2O2S/c1-3-5-16-9-10-7-11(14)8-12(13(10)15)20(18,19)17-6-4-2/h7-8,16-17H,3-6,9H2,1-2H3. The molecule has 0 atom stereocenters. The van der Waals surface area contributed by atoms with Gasteiger partial charge in [0.15, 0.2) is 0 Å². The number of hydrogen-bond donors (Lipinski definition) is 2. The maximum Gasteiger partial charge on any atom is 0.243 e. The highest BCUT2D eigenvalue weighted by Gasteiger charge is 2.21. The zero-order valence-electron chi connectivity index (χ0n) is 11.7. The highest BCUT2D eigenvalue weighted by molar-refractivity contribution is 7.89.